The molecule has 0 aromatic carbocycles. The lowest BCUT2D eigenvalue weighted by atomic mass is 10.2. The molecule has 0 N–H and O–H groups in total. The molecule has 0 fully saturated rings. The van der Waals surface area contributed by atoms with Gasteiger partial charge in [0.15, 0.2) is 0 Å². The Hall–Kier alpha value is 0.290. The van der Waals surface area contributed by atoms with E-state index < -0.39 is 0 Å². The van der Waals surface area contributed by atoms with Crippen LogP contribution in [0.4, 0.5) is 0 Å². The van der Waals surface area contributed by atoms with Gasteiger partial charge in [-0.05, 0) is 12.8 Å². The van der Waals surface area contributed by atoms with Crippen LogP contribution < -0.4 is 0 Å². The molecule has 0 nitrogen and oxygen atoms in total. The minimum Gasteiger partial charge on any atom is -0.123 e. The Balaban J connectivity index is 2.99. The molecule has 1 heteroatoms. The molecule has 0 amide bonds. The van der Waals surface area contributed by atoms with Crippen molar-refractivity contribution < 1.29 is 0 Å². The first kappa shape index (κ1) is 6.29. The summed E-state index contributed by atoms with van der Waals surface area (Å²) in [5, 5.41) is 0.324. The highest BCUT2D eigenvalue weighted by Crippen LogP contribution is 2.05. The smallest absolute Gasteiger partial charge is 0.0330 e. The summed E-state index contributed by atoms with van der Waals surface area (Å²) in [5.41, 5.74) is 0. The lowest BCUT2D eigenvalue weighted by molar-refractivity contribution is 0.635. The fraction of sp³-hybridized carbons (Fsp3) is 1.00. The Bertz CT molecular complexity index is 24.9. The number of halogens is 1. The zero-order valence-corrected chi connectivity index (χ0v) is 5.29. The second-order valence-electron chi connectivity index (χ2n) is 1.92. The molecular weight excluding hydrogens is 95.5 g/mol. The van der Waals surface area contributed by atoms with E-state index in [4.69, 9.17) is 11.6 Å². The molecule has 0 aliphatic rings. The zero-order valence-electron chi connectivity index (χ0n) is 4.53. The number of rotatable bonds is 1. The molecule has 6 heavy (non-hydrogen) atoms. The lowest BCUT2D eigenvalue weighted by Gasteiger charge is -2.02. The van der Waals surface area contributed by atoms with Crippen molar-refractivity contribution in [2.24, 2.45) is 5.92 Å². The molecule has 0 heterocycles. The van der Waals surface area contributed by atoms with Crippen LogP contribution >= 0.6 is 11.6 Å². The highest BCUT2D eigenvalue weighted by molar-refractivity contribution is 6.20. The highest BCUT2D eigenvalue weighted by Gasteiger charge is 1.98. The fourth-order valence-corrected chi connectivity index (χ4v) is 0. The van der Waals surface area contributed by atoms with Gasteiger partial charge in [-0.2, -0.15) is 0 Å². The molecule has 0 aliphatic heterocycles. The first-order valence-corrected chi connectivity index (χ1v) is 2.72. The van der Waals surface area contributed by atoms with E-state index in [0.29, 0.717) is 11.3 Å². The van der Waals surface area contributed by atoms with E-state index in [-0.39, 0.29) is 0 Å². The minimum absolute atomic E-state index is 0.324. The summed E-state index contributed by atoms with van der Waals surface area (Å²) >= 11 is 5.61. The second kappa shape index (κ2) is 2.46. The maximum Gasteiger partial charge on any atom is 0.0330 e. The Morgan fingerprint density at radius 2 is 1.33 bits per heavy atom. The molecule has 0 saturated carbocycles. The molecule has 0 aromatic heterocycles. The van der Waals surface area contributed by atoms with Crippen LogP contribution in [0.25, 0.3) is 0 Å². The van der Waals surface area contributed by atoms with Crippen LogP contribution in [0.5, 0.6) is 0 Å². The lowest BCUT2D eigenvalue weighted by Crippen LogP contribution is -1.99. The van der Waals surface area contributed by atoms with Crippen molar-refractivity contribution >= 4 is 11.6 Å². The maximum absolute atomic E-state index is 5.61. The molecule has 0 radical (unpaired) electrons. The van der Waals surface area contributed by atoms with E-state index in [0.717, 1.165) is 0 Å². The first-order chi connectivity index (χ1) is 2.64. The summed E-state index contributed by atoms with van der Waals surface area (Å²) in [6, 6.07) is 0. The van der Waals surface area contributed by atoms with Gasteiger partial charge in [-0.25, -0.2) is 0 Å². The summed E-state index contributed by atoms with van der Waals surface area (Å²) in [6.45, 7) is 6.22. The standard InChI is InChI=1S/C5H11Cl/c1-4(2)5(3)6/h4-5H,1-3H3/t5-/m0/s1. The Morgan fingerprint density at radius 1 is 1.17 bits per heavy atom. The van der Waals surface area contributed by atoms with Crippen molar-refractivity contribution in [1.82, 2.24) is 0 Å². The van der Waals surface area contributed by atoms with Crippen molar-refractivity contribution in [1.29, 1.82) is 0 Å². The Labute approximate surface area is 44.5 Å². The van der Waals surface area contributed by atoms with Gasteiger partial charge in [-0.15, -0.1) is 11.6 Å². The zero-order chi connectivity index (χ0) is 5.15. The van der Waals surface area contributed by atoms with Crippen molar-refractivity contribution in [3.8, 4) is 0 Å². The number of alkyl halides is 1. The van der Waals surface area contributed by atoms with E-state index in [1.54, 1.807) is 0 Å². The first-order valence-electron chi connectivity index (χ1n) is 2.28. The molecule has 0 rings (SSSR count). The van der Waals surface area contributed by atoms with Gasteiger partial charge in [0.2, 0.25) is 0 Å². The quantitative estimate of drug-likeness (QED) is 0.450. The van der Waals surface area contributed by atoms with Crippen LogP contribution in [-0.4, -0.2) is 5.38 Å². The Morgan fingerprint density at radius 3 is 1.33 bits per heavy atom. The average molecular weight is 107 g/mol. The van der Waals surface area contributed by atoms with Gasteiger partial charge in [-0.3, -0.25) is 0 Å². The van der Waals surface area contributed by atoms with Crippen LogP contribution in [0.3, 0.4) is 0 Å². The van der Waals surface area contributed by atoms with Crippen molar-refractivity contribution in [2.75, 3.05) is 0 Å². The van der Waals surface area contributed by atoms with Gasteiger partial charge in [0.05, 0.1) is 0 Å². The van der Waals surface area contributed by atoms with E-state index in [1.165, 1.54) is 0 Å². The van der Waals surface area contributed by atoms with Crippen LogP contribution in [0.2, 0.25) is 0 Å². The van der Waals surface area contributed by atoms with E-state index in [1.807, 2.05) is 6.92 Å². The van der Waals surface area contributed by atoms with Crippen LogP contribution in [0.15, 0.2) is 0 Å². The predicted molar refractivity (Wildman–Crippen MR) is 30.2 cm³/mol. The van der Waals surface area contributed by atoms with Gasteiger partial charge in [0.1, 0.15) is 0 Å². The SMILES string of the molecule is CC(C)[C@H](C)Cl. The molecule has 0 unspecified atom stereocenters. The molecule has 1 atom stereocenters. The van der Waals surface area contributed by atoms with Gasteiger partial charge in [0, 0.05) is 5.38 Å². The summed E-state index contributed by atoms with van der Waals surface area (Å²) in [4.78, 5) is 0. The number of hydrogen-bond donors (Lipinski definition) is 0. The summed E-state index contributed by atoms with van der Waals surface area (Å²) in [7, 11) is 0. The molecule has 0 aliphatic carbocycles. The van der Waals surface area contributed by atoms with E-state index >= 15 is 0 Å². The average Bonchev–Trinajstić information content (AvgIpc) is 1.36. The maximum atomic E-state index is 5.61. The summed E-state index contributed by atoms with van der Waals surface area (Å²) in [5.74, 6) is 0.617. The third-order valence-electron chi connectivity index (χ3n) is 0.919. The topological polar surface area (TPSA) is 0 Å². The summed E-state index contributed by atoms with van der Waals surface area (Å²) in [6.07, 6.45) is 0. The fourth-order valence-electron chi connectivity index (χ4n) is 0. The van der Waals surface area contributed by atoms with Crippen LogP contribution in [-0.2, 0) is 0 Å². The molecule has 0 saturated heterocycles. The second-order valence-corrected chi connectivity index (χ2v) is 2.61. The van der Waals surface area contributed by atoms with Crippen molar-refractivity contribution in [2.45, 2.75) is 26.1 Å². The van der Waals surface area contributed by atoms with E-state index in [2.05, 4.69) is 13.8 Å². The van der Waals surface area contributed by atoms with Gasteiger partial charge in [-0.1, -0.05) is 13.8 Å². The largest absolute Gasteiger partial charge is 0.123 e. The minimum atomic E-state index is 0.324. The van der Waals surface area contributed by atoms with Gasteiger partial charge >= 0.3 is 0 Å². The summed E-state index contributed by atoms with van der Waals surface area (Å²) < 4.78 is 0. The van der Waals surface area contributed by atoms with Crippen LogP contribution in [0.1, 0.15) is 20.8 Å². The molecule has 38 valence electrons. The molecule has 0 spiro atoms. The monoisotopic (exact) mass is 106 g/mol. The third kappa shape index (κ3) is 2.52. The highest BCUT2D eigenvalue weighted by atomic mass is 35.5. The van der Waals surface area contributed by atoms with E-state index in [9.17, 15) is 0 Å². The molecule has 0 aromatic rings. The van der Waals surface area contributed by atoms with Crippen molar-refractivity contribution in [3.05, 3.63) is 0 Å². The van der Waals surface area contributed by atoms with Gasteiger partial charge in [0.25, 0.3) is 0 Å². The molecule has 0 bridgehead atoms. The van der Waals surface area contributed by atoms with Gasteiger partial charge < -0.3 is 0 Å². The molecular formula is C5H11Cl. The third-order valence-corrected chi connectivity index (χ3v) is 1.42. The normalized spacial score (nSPS) is 15.5. The number of hydrogen-bond acceptors (Lipinski definition) is 0. The van der Waals surface area contributed by atoms with Crippen LogP contribution in [0, 0.1) is 5.92 Å². The Kier molecular flexibility index (Phi) is 2.58. The van der Waals surface area contributed by atoms with Crippen molar-refractivity contribution in [3.63, 3.8) is 0 Å². The predicted octanol–water partition coefficient (Wildman–Crippen LogP) is 2.27.